The van der Waals surface area contributed by atoms with E-state index >= 15 is 0 Å². The Morgan fingerprint density at radius 3 is 2.43 bits per heavy atom. The van der Waals surface area contributed by atoms with Crippen molar-refractivity contribution in [1.82, 2.24) is 5.32 Å². The maximum atomic E-state index is 7.24. The summed E-state index contributed by atoms with van der Waals surface area (Å²) in [6.45, 7) is 8.44. The fourth-order valence-electron chi connectivity index (χ4n) is 2.03. The summed E-state index contributed by atoms with van der Waals surface area (Å²) in [7, 11) is 0. The molecule has 0 bridgehead atoms. The van der Waals surface area contributed by atoms with Gasteiger partial charge in [-0.05, 0) is 57.0 Å². The largest absolute Gasteiger partial charge is 0.383 e. The van der Waals surface area contributed by atoms with Crippen LogP contribution in [0.3, 0.4) is 0 Å². The number of rotatable bonds is 8. The standard InChI is InChI=1S/C18H27N3/c1-5-16(21-17-9-7-6-8-10-17)13-18(20-14(2)3)15(4)11-12-19/h6-14,16,19-21H,5H2,1-4H3/b15-11+,18-13+,19-12?. The van der Waals surface area contributed by atoms with E-state index in [0.717, 1.165) is 23.4 Å². The highest BCUT2D eigenvalue weighted by molar-refractivity contribution is 5.70. The molecule has 0 heterocycles. The van der Waals surface area contributed by atoms with Gasteiger partial charge in [0.15, 0.2) is 0 Å². The molecule has 1 unspecified atom stereocenters. The summed E-state index contributed by atoms with van der Waals surface area (Å²) >= 11 is 0. The molecule has 1 aromatic rings. The van der Waals surface area contributed by atoms with E-state index in [4.69, 9.17) is 5.41 Å². The summed E-state index contributed by atoms with van der Waals surface area (Å²) in [6.07, 6.45) is 6.35. The van der Waals surface area contributed by atoms with Crippen molar-refractivity contribution in [2.75, 3.05) is 5.32 Å². The smallest absolute Gasteiger partial charge is 0.0464 e. The molecule has 1 aromatic carbocycles. The van der Waals surface area contributed by atoms with E-state index in [1.807, 2.05) is 31.2 Å². The number of hydrogen-bond donors (Lipinski definition) is 3. The number of allylic oxidation sites excluding steroid dienone is 2. The fraction of sp³-hybridized carbons (Fsp3) is 0.389. The van der Waals surface area contributed by atoms with Crippen molar-refractivity contribution in [2.24, 2.45) is 0 Å². The second-order valence-corrected chi connectivity index (χ2v) is 5.42. The number of benzene rings is 1. The minimum absolute atomic E-state index is 0.253. The van der Waals surface area contributed by atoms with Gasteiger partial charge >= 0.3 is 0 Å². The Hall–Kier alpha value is -2.03. The summed E-state index contributed by atoms with van der Waals surface area (Å²) in [5, 5.41) is 14.2. The highest BCUT2D eigenvalue weighted by atomic mass is 14.9. The average Bonchev–Trinajstić information content (AvgIpc) is 2.46. The molecule has 114 valence electrons. The molecule has 0 fully saturated rings. The monoisotopic (exact) mass is 285 g/mol. The Labute approximate surface area is 128 Å². The van der Waals surface area contributed by atoms with Crippen LogP contribution in [0.5, 0.6) is 0 Å². The lowest BCUT2D eigenvalue weighted by Gasteiger charge is -2.20. The molecule has 0 radical (unpaired) electrons. The van der Waals surface area contributed by atoms with Gasteiger partial charge in [-0.25, -0.2) is 0 Å². The average molecular weight is 285 g/mol. The quantitative estimate of drug-likeness (QED) is 0.491. The van der Waals surface area contributed by atoms with Gasteiger partial charge in [-0.15, -0.1) is 0 Å². The molecule has 1 rings (SSSR count). The van der Waals surface area contributed by atoms with Crippen LogP contribution in [-0.4, -0.2) is 18.3 Å². The highest BCUT2D eigenvalue weighted by Crippen LogP contribution is 2.14. The lowest BCUT2D eigenvalue weighted by Crippen LogP contribution is -2.26. The Morgan fingerprint density at radius 2 is 1.90 bits per heavy atom. The molecule has 0 saturated carbocycles. The van der Waals surface area contributed by atoms with E-state index in [-0.39, 0.29) is 6.04 Å². The third-order valence-corrected chi connectivity index (χ3v) is 3.14. The van der Waals surface area contributed by atoms with Crippen LogP contribution in [-0.2, 0) is 0 Å². The van der Waals surface area contributed by atoms with E-state index in [2.05, 4.69) is 49.6 Å². The number of para-hydroxylation sites is 1. The van der Waals surface area contributed by atoms with Crippen LogP contribution < -0.4 is 10.6 Å². The van der Waals surface area contributed by atoms with Gasteiger partial charge < -0.3 is 16.0 Å². The van der Waals surface area contributed by atoms with Crippen molar-refractivity contribution in [3.05, 3.63) is 53.8 Å². The molecular weight excluding hydrogens is 258 g/mol. The van der Waals surface area contributed by atoms with Crippen LogP contribution >= 0.6 is 0 Å². The molecule has 3 N–H and O–H groups in total. The van der Waals surface area contributed by atoms with Gasteiger partial charge in [-0.3, -0.25) is 0 Å². The second-order valence-electron chi connectivity index (χ2n) is 5.42. The van der Waals surface area contributed by atoms with Gasteiger partial charge in [0.1, 0.15) is 0 Å². The molecule has 0 saturated heterocycles. The van der Waals surface area contributed by atoms with Gasteiger partial charge in [0.05, 0.1) is 0 Å². The van der Waals surface area contributed by atoms with Crippen molar-refractivity contribution in [1.29, 1.82) is 5.41 Å². The minimum atomic E-state index is 0.253. The van der Waals surface area contributed by atoms with Crippen LogP contribution in [0.15, 0.2) is 53.8 Å². The molecule has 3 nitrogen and oxygen atoms in total. The first-order valence-electron chi connectivity index (χ1n) is 7.54. The molecule has 0 aliphatic rings. The molecule has 0 aliphatic carbocycles. The zero-order chi connectivity index (χ0) is 15.7. The third kappa shape index (κ3) is 6.30. The van der Waals surface area contributed by atoms with E-state index < -0.39 is 0 Å². The second kappa shape index (κ2) is 9.01. The van der Waals surface area contributed by atoms with Crippen molar-refractivity contribution in [2.45, 2.75) is 46.2 Å². The predicted molar refractivity (Wildman–Crippen MR) is 93.0 cm³/mol. The Balaban J connectivity index is 2.93. The summed E-state index contributed by atoms with van der Waals surface area (Å²) in [4.78, 5) is 0. The van der Waals surface area contributed by atoms with Gasteiger partial charge in [-0.1, -0.05) is 25.1 Å². The first-order chi connectivity index (χ1) is 10.1. The van der Waals surface area contributed by atoms with E-state index in [1.165, 1.54) is 6.21 Å². The van der Waals surface area contributed by atoms with E-state index in [9.17, 15) is 0 Å². The molecule has 0 amide bonds. The van der Waals surface area contributed by atoms with Crippen molar-refractivity contribution < 1.29 is 0 Å². The normalized spacial score (nSPS) is 14.0. The Bertz CT molecular complexity index is 486. The van der Waals surface area contributed by atoms with Crippen molar-refractivity contribution in [3.63, 3.8) is 0 Å². The maximum absolute atomic E-state index is 7.24. The SMILES string of the molecule is CCC(/C=C(NC(C)C)\C(C)=C\C=N)Nc1ccccc1. The summed E-state index contributed by atoms with van der Waals surface area (Å²) in [5.74, 6) is 0. The van der Waals surface area contributed by atoms with Crippen LogP contribution in [0.4, 0.5) is 5.69 Å². The maximum Gasteiger partial charge on any atom is 0.0464 e. The zero-order valence-corrected chi connectivity index (χ0v) is 13.5. The van der Waals surface area contributed by atoms with Gasteiger partial charge in [-0.2, -0.15) is 0 Å². The van der Waals surface area contributed by atoms with Gasteiger partial charge in [0, 0.05) is 29.7 Å². The number of hydrogen-bond acceptors (Lipinski definition) is 3. The predicted octanol–water partition coefficient (Wildman–Crippen LogP) is 4.35. The number of anilines is 1. The first-order valence-corrected chi connectivity index (χ1v) is 7.54. The van der Waals surface area contributed by atoms with Crippen LogP contribution in [0.25, 0.3) is 0 Å². The summed E-state index contributed by atoms with van der Waals surface area (Å²) in [6, 6.07) is 10.9. The molecule has 1 atom stereocenters. The fourth-order valence-corrected chi connectivity index (χ4v) is 2.03. The first kappa shape index (κ1) is 17.0. The summed E-state index contributed by atoms with van der Waals surface area (Å²) in [5.41, 5.74) is 3.29. The highest BCUT2D eigenvalue weighted by Gasteiger charge is 2.08. The van der Waals surface area contributed by atoms with Gasteiger partial charge in [0.25, 0.3) is 0 Å². The zero-order valence-electron chi connectivity index (χ0n) is 13.5. The Kier molecular flexibility index (Phi) is 7.30. The van der Waals surface area contributed by atoms with E-state index in [1.54, 1.807) is 0 Å². The molecular formula is C18H27N3. The minimum Gasteiger partial charge on any atom is -0.383 e. The molecule has 21 heavy (non-hydrogen) atoms. The van der Waals surface area contributed by atoms with Crippen LogP contribution in [0, 0.1) is 5.41 Å². The molecule has 3 heteroatoms. The van der Waals surface area contributed by atoms with Crippen molar-refractivity contribution in [3.8, 4) is 0 Å². The third-order valence-electron chi connectivity index (χ3n) is 3.14. The molecule has 0 spiro atoms. The Morgan fingerprint density at radius 1 is 1.24 bits per heavy atom. The lowest BCUT2D eigenvalue weighted by molar-refractivity contribution is 0.666. The number of nitrogens with one attached hydrogen (secondary N) is 3. The van der Waals surface area contributed by atoms with E-state index in [0.29, 0.717) is 6.04 Å². The summed E-state index contributed by atoms with van der Waals surface area (Å²) < 4.78 is 0. The lowest BCUT2D eigenvalue weighted by atomic mass is 10.1. The van der Waals surface area contributed by atoms with Gasteiger partial charge in [0.2, 0.25) is 0 Å². The van der Waals surface area contributed by atoms with Crippen molar-refractivity contribution >= 4 is 11.9 Å². The molecule has 0 aliphatic heterocycles. The topological polar surface area (TPSA) is 47.9 Å². The van der Waals surface area contributed by atoms with Crippen LogP contribution in [0.1, 0.15) is 34.1 Å². The molecule has 0 aromatic heterocycles. The van der Waals surface area contributed by atoms with Crippen LogP contribution in [0.2, 0.25) is 0 Å².